The first-order chi connectivity index (χ1) is 10.5. The van der Waals surface area contributed by atoms with Gasteiger partial charge in [-0.1, -0.05) is 19.8 Å². The highest BCUT2D eigenvalue weighted by Crippen LogP contribution is 2.39. The molecule has 0 aromatic carbocycles. The minimum absolute atomic E-state index is 0.0191. The third-order valence-electron chi connectivity index (χ3n) is 4.40. The molecule has 7 heteroatoms. The number of hydrogen-bond acceptors (Lipinski definition) is 5. The van der Waals surface area contributed by atoms with Gasteiger partial charge in [0.25, 0.3) is 0 Å². The molecule has 0 aliphatic carbocycles. The lowest BCUT2D eigenvalue weighted by Crippen LogP contribution is -2.74. The molecule has 3 aliphatic heterocycles. The molecular weight excluding hydrogens is 284 g/mol. The number of urea groups is 1. The summed E-state index contributed by atoms with van der Waals surface area (Å²) >= 11 is 0. The van der Waals surface area contributed by atoms with E-state index in [1.165, 1.54) is 6.92 Å². The quantitative estimate of drug-likeness (QED) is 0.602. The van der Waals surface area contributed by atoms with Crippen LogP contribution in [0.2, 0.25) is 0 Å². The molecule has 1 fully saturated rings. The van der Waals surface area contributed by atoms with E-state index in [4.69, 9.17) is 4.74 Å². The maximum absolute atomic E-state index is 12.6. The van der Waals surface area contributed by atoms with Crippen molar-refractivity contribution in [1.29, 1.82) is 0 Å². The molecule has 3 rings (SSSR count). The van der Waals surface area contributed by atoms with E-state index in [1.807, 2.05) is 13.0 Å². The molecule has 0 radical (unpaired) electrons. The van der Waals surface area contributed by atoms with Crippen LogP contribution in [0.25, 0.3) is 0 Å². The van der Waals surface area contributed by atoms with Gasteiger partial charge in [0.15, 0.2) is 5.66 Å². The van der Waals surface area contributed by atoms with Gasteiger partial charge in [-0.05, 0) is 25.5 Å². The Kier molecular flexibility index (Phi) is 3.58. The van der Waals surface area contributed by atoms with Crippen LogP contribution in [-0.2, 0) is 9.53 Å². The van der Waals surface area contributed by atoms with E-state index in [1.54, 1.807) is 11.0 Å². The largest absolute Gasteiger partial charge is 0.438 e. The van der Waals surface area contributed by atoms with Crippen molar-refractivity contribution in [1.82, 2.24) is 15.5 Å². The number of esters is 1. The van der Waals surface area contributed by atoms with Crippen LogP contribution in [0.15, 0.2) is 17.1 Å². The van der Waals surface area contributed by atoms with Crippen molar-refractivity contribution in [2.75, 3.05) is 0 Å². The van der Waals surface area contributed by atoms with Crippen LogP contribution in [0.3, 0.4) is 0 Å². The molecule has 0 bridgehead atoms. The second kappa shape index (κ2) is 5.30. The summed E-state index contributed by atoms with van der Waals surface area (Å²) in [4.78, 5) is 30.1. The molecule has 0 aromatic heterocycles. The summed E-state index contributed by atoms with van der Waals surface area (Å²) < 4.78 is 5.25. The van der Waals surface area contributed by atoms with Gasteiger partial charge in [0.2, 0.25) is 6.23 Å². The van der Waals surface area contributed by atoms with Crippen LogP contribution in [0.4, 0.5) is 4.79 Å². The van der Waals surface area contributed by atoms with Gasteiger partial charge >= 0.3 is 12.0 Å². The Morgan fingerprint density at radius 2 is 2.32 bits per heavy atom. The Morgan fingerprint density at radius 3 is 3.00 bits per heavy atom. The number of carbonyl (C=O) groups excluding carboxylic acids is 2. The maximum Gasteiger partial charge on any atom is 0.323 e. The van der Waals surface area contributed by atoms with Crippen molar-refractivity contribution in [2.45, 2.75) is 64.0 Å². The van der Waals surface area contributed by atoms with Crippen molar-refractivity contribution < 1.29 is 14.3 Å². The van der Waals surface area contributed by atoms with Gasteiger partial charge in [0.05, 0.1) is 11.9 Å². The van der Waals surface area contributed by atoms with Gasteiger partial charge in [-0.2, -0.15) is 0 Å². The second-order valence-corrected chi connectivity index (χ2v) is 6.04. The molecule has 1 spiro atoms. The van der Waals surface area contributed by atoms with Crippen molar-refractivity contribution in [3.8, 4) is 0 Å². The number of amides is 2. The average molecular weight is 306 g/mol. The number of aliphatic imine (C=N–C) groups is 1. The minimum atomic E-state index is -0.717. The summed E-state index contributed by atoms with van der Waals surface area (Å²) in [6.45, 7) is 5.35. The fourth-order valence-corrected chi connectivity index (χ4v) is 3.56. The van der Waals surface area contributed by atoms with E-state index in [9.17, 15) is 9.59 Å². The van der Waals surface area contributed by atoms with Crippen molar-refractivity contribution >= 4 is 17.8 Å². The van der Waals surface area contributed by atoms with E-state index in [0.717, 1.165) is 25.1 Å². The zero-order valence-corrected chi connectivity index (χ0v) is 13.1. The summed E-state index contributed by atoms with van der Waals surface area (Å²) in [6, 6.07) is -0.367. The molecule has 4 unspecified atom stereocenters. The molecule has 0 saturated carbocycles. The zero-order chi connectivity index (χ0) is 15.9. The van der Waals surface area contributed by atoms with Crippen LogP contribution in [0.1, 0.15) is 40.0 Å². The lowest BCUT2D eigenvalue weighted by molar-refractivity contribution is -0.152. The number of carbonyl (C=O) groups is 2. The number of hydrogen-bond donors (Lipinski definition) is 2. The van der Waals surface area contributed by atoms with E-state index < -0.39 is 17.9 Å². The van der Waals surface area contributed by atoms with Gasteiger partial charge in [-0.3, -0.25) is 14.7 Å². The van der Waals surface area contributed by atoms with Gasteiger partial charge < -0.3 is 15.4 Å². The average Bonchev–Trinajstić information content (AvgIpc) is 2.96. The Morgan fingerprint density at radius 1 is 1.55 bits per heavy atom. The smallest absolute Gasteiger partial charge is 0.323 e. The molecule has 0 aromatic rings. The summed E-state index contributed by atoms with van der Waals surface area (Å²) in [5, 5.41) is 6.33. The monoisotopic (exact) mass is 306 g/mol. The Labute approximate surface area is 129 Å². The van der Waals surface area contributed by atoms with Crippen LogP contribution in [-0.4, -0.2) is 46.7 Å². The second-order valence-electron chi connectivity index (χ2n) is 6.04. The number of rotatable bonds is 4. The minimum Gasteiger partial charge on any atom is -0.438 e. The number of ether oxygens (including phenoxy) is 1. The summed E-state index contributed by atoms with van der Waals surface area (Å²) in [7, 11) is 0. The fourth-order valence-electron chi connectivity index (χ4n) is 3.56. The number of nitrogens with one attached hydrogen (secondary N) is 2. The number of amidine groups is 1. The molecule has 120 valence electrons. The van der Waals surface area contributed by atoms with Gasteiger partial charge in [0, 0.05) is 6.92 Å². The summed E-state index contributed by atoms with van der Waals surface area (Å²) in [5.74, 6) is 0.376. The summed E-state index contributed by atoms with van der Waals surface area (Å²) in [6.07, 6.45) is 5.94. The van der Waals surface area contributed by atoms with E-state index in [-0.39, 0.29) is 18.1 Å². The lowest BCUT2D eigenvalue weighted by atomic mass is 9.89. The van der Waals surface area contributed by atoms with E-state index in [0.29, 0.717) is 0 Å². The lowest BCUT2D eigenvalue weighted by Gasteiger charge is -2.47. The SMILES string of the molecule is CCCCC1NC(=O)N2C(OC(C)=O)C=CC23NC(C)=NC13. The first-order valence-electron chi connectivity index (χ1n) is 7.77. The number of nitrogens with zero attached hydrogens (tertiary/aromatic N) is 2. The molecule has 22 heavy (non-hydrogen) atoms. The first-order valence-corrected chi connectivity index (χ1v) is 7.77. The molecule has 3 heterocycles. The highest BCUT2D eigenvalue weighted by molar-refractivity contribution is 5.88. The standard InChI is InChI=1S/C15H22N4O3/c1-4-5-6-11-13-15(18-9(2)16-13)8-7-12(22-10(3)20)19(15)14(21)17-11/h7-8,11-13H,4-6H2,1-3H3,(H,16,18)(H,17,21). The summed E-state index contributed by atoms with van der Waals surface area (Å²) in [5.41, 5.74) is -0.717. The van der Waals surface area contributed by atoms with E-state index in [2.05, 4.69) is 22.5 Å². The van der Waals surface area contributed by atoms with E-state index >= 15 is 0 Å². The predicted octanol–water partition coefficient (Wildman–Crippen LogP) is 1.12. The van der Waals surface area contributed by atoms with Crippen LogP contribution >= 0.6 is 0 Å². The third-order valence-corrected chi connectivity index (χ3v) is 4.40. The van der Waals surface area contributed by atoms with Crippen LogP contribution < -0.4 is 10.6 Å². The topological polar surface area (TPSA) is 83.0 Å². The molecule has 3 aliphatic rings. The molecule has 2 amide bonds. The molecule has 7 nitrogen and oxygen atoms in total. The van der Waals surface area contributed by atoms with Crippen molar-refractivity contribution in [3.05, 3.63) is 12.2 Å². The van der Waals surface area contributed by atoms with Gasteiger partial charge in [-0.25, -0.2) is 4.79 Å². The Balaban J connectivity index is 1.91. The zero-order valence-electron chi connectivity index (χ0n) is 13.1. The third kappa shape index (κ3) is 2.15. The normalized spacial score (nSPS) is 35.4. The van der Waals surface area contributed by atoms with Crippen molar-refractivity contribution in [3.63, 3.8) is 0 Å². The Bertz CT molecular complexity index is 559. The number of unbranched alkanes of at least 4 members (excludes halogenated alkanes) is 1. The van der Waals surface area contributed by atoms with Crippen LogP contribution in [0, 0.1) is 0 Å². The fraction of sp³-hybridized carbons (Fsp3) is 0.667. The van der Waals surface area contributed by atoms with Crippen molar-refractivity contribution in [2.24, 2.45) is 4.99 Å². The predicted molar refractivity (Wildman–Crippen MR) is 81.1 cm³/mol. The van der Waals surface area contributed by atoms with Gasteiger partial charge in [0.1, 0.15) is 6.04 Å². The van der Waals surface area contributed by atoms with Gasteiger partial charge in [-0.15, -0.1) is 0 Å². The molecular formula is C15H22N4O3. The first kappa shape index (κ1) is 14.9. The highest BCUT2D eigenvalue weighted by Gasteiger charge is 2.60. The Hall–Kier alpha value is -2.05. The molecule has 2 N–H and O–H groups in total. The molecule has 1 saturated heterocycles. The highest BCUT2D eigenvalue weighted by atomic mass is 16.6. The maximum atomic E-state index is 12.6. The van der Waals surface area contributed by atoms with Crippen LogP contribution in [0.5, 0.6) is 0 Å². The molecule has 4 atom stereocenters.